The molecular weight excluding hydrogens is 464 g/mol. The Morgan fingerprint density at radius 2 is 0.973 bits per heavy atom. The van der Waals surface area contributed by atoms with Gasteiger partial charge < -0.3 is 0 Å². The van der Waals surface area contributed by atoms with Gasteiger partial charge in [0, 0.05) is 11.1 Å². The van der Waals surface area contributed by atoms with Gasteiger partial charge in [-0.3, -0.25) is 19.6 Å². The van der Waals surface area contributed by atoms with Gasteiger partial charge in [-0.25, -0.2) is 9.97 Å². The van der Waals surface area contributed by atoms with Crippen molar-refractivity contribution in [3.05, 3.63) is 119 Å². The molecule has 1 aliphatic carbocycles. The number of para-hydroxylation sites is 4. The van der Waals surface area contributed by atoms with Gasteiger partial charge in [0.25, 0.3) is 11.6 Å². The van der Waals surface area contributed by atoms with E-state index in [0.29, 0.717) is 22.5 Å². The van der Waals surface area contributed by atoms with E-state index in [0.717, 1.165) is 22.1 Å². The maximum absolute atomic E-state index is 13.6. The fraction of sp³-hybridized carbons (Fsp3) is 0.0690. The molecule has 0 saturated carbocycles. The summed E-state index contributed by atoms with van der Waals surface area (Å²) in [5.74, 6) is -0.447. The van der Waals surface area contributed by atoms with E-state index in [1.165, 1.54) is 0 Å². The molecule has 8 nitrogen and oxygen atoms in total. The number of hydrogen-bond donors (Lipinski definition) is 0. The molecule has 37 heavy (non-hydrogen) atoms. The highest BCUT2D eigenvalue weighted by atomic mass is 16.1. The summed E-state index contributed by atoms with van der Waals surface area (Å²) in [6.45, 7) is 0.468. The first-order valence-electron chi connectivity index (χ1n) is 11.8. The maximum Gasteiger partial charge on any atom is 0.490 e. The zero-order chi connectivity index (χ0) is 24.9. The van der Waals surface area contributed by atoms with Crippen LogP contribution in [0.25, 0.3) is 22.1 Å². The van der Waals surface area contributed by atoms with Gasteiger partial charge in [0.2, 0.25) is 13.1 Å². The van der Waals surface area contributed by atoms with Crippen LogP contribution in [0.15, 0.2) is 96.6 Å². The van der Waals surface area contributed by atoms with E-state index in [1.807, 2.05) is 48.5 Å². The smallest absolute Gasteiger partial charge is 0.281 e. The van der Waals surface area contributed by atoms with Crippen molar-refractivity contribution in [2.45, 2.75) is 13.1 Å². The van der Waals surface area contributed by atoms with Gasteiger partial charge in [0.1, 0.15) is 11.4 Å². The molecule has 1 aliphatic heterocycles. The number of aromatic nitrogens is 4. The number of carbonyl (C=O) groups is 2. The summed E-state index contributed by atoms with van der Waals surface area (Å²) >= 11 is 0. The quantitative estimate of drug-likeness (QED) is 0.362. The molecule has 0 spiro atoms. The molecule has 5 aromatic rings. The Morgan fingerprint density at radius 3 is 1.43 bits per heavy atom. The van der Waals surface area contributed by atoms with E-state index in [9.17, 15) is 9.59 Å². The number of fused-ring (bicyclic) bond motifs is 3. The van der Waals surface area contributed by atoms with E-state index < -0.39 is 0 Å². The average molecular weight is 483 g/mol. The fourth-order valence-corrected chi connectivity index (χ4v) is 4.79. The number of benzene rings is 3. The minimum Gasteiger partial charge on any atom is -0.281 e. The van der Waals surface area contributed by atoms with Crippen molar-refractivity contribution in [1.29, 1.82) is 0 Å². The Labute approximate surface area is 210 Å². The van der Waals surface area contributed by atoms with Crippen molar-refractivity contribution in [2.75, 3.05) is 0 Å². The van der Waals surface area contributed by atoms with Crippen LogP contribution in [-0.2, 0) is 13.1 Å². The summed E-state index contributed by atoms with van der Waals surface area (Å²) in [6.07, 6.45) is 3.37. The topological polar surface area (TPSA) is 91.7 Å². The van der Waals surface area contributed by atoms with Crippen LogP contribution >= 0.6 is 0 Å². The number of nitrogens with zero attached hydrogens (tertiary/aromatic N) is 6. The molecule has 2 aliphatic rings. The predicted molar refractivity (Wildman–Crippen MR) is 134 cm³/mol. The van der Waals surface area contributed by atoms with E-state index in [1.54, 1.807) is 45.8 Å². The van der Waals surface area contributed by atoms with Gasteiger partial charge >= 0.3 is 17.4 Å². The molecule has 3 aromatic carbocycles. The molecule has 0 N–H and O–H groups in total. The van der Waals surface area contributed by atoms with Crippen LogP contribution in [0.5, 0.6) is 0 Å². The Balaban J connectivity index is 1.35. The van der Waals surface area contributed by atoms with Crippen molar-refractivity contribution in [2.24, 2.45) is 0 Å². The number of Topliss-reactive ketones (excluding diaryl/α,β-unsaturated/α-hetero) is 2. The average Bonchev–Trinajstić information content (AvgIpc) is 3.29. The lowest BCUT2D eigenvalue weighted by atomic mass is 9.90. The summed E-state index contributed by atoms with van der Waals surface area (Å²) in [5, 5.41) is 0. The zero-order valence-corrected chi connectivity index (χ0v) is 19.5. The summed E-state index contributed by atoms with van der Waals surface area (Å²) in [6, 6.07) is 25.3. The molecule has 0 bridgehead atoms. The Kier molecular flexibility index (Phi) is 4.67. The minimum atomic E-state index is -0.224. The van der Waals surface area contributed by atoms with E-state index in [-0.39, 0.29) is 36.1 Å². The second kappa shape index (κ2) is 8.19. The molecule has 8 heteroatoms. The normalized spacial score (nSPS) is 14.6. The Morgan fingerprint density at radius 1 is 0.568 bits per heavy atom. The molecule has 7 rings (SSSR count). The molecule has 3 heterocycles. The first-order chi connectivity index (χ1) is 18.2. The monoisotopic (exact) mass is 482 g/mol. The van der Waals surface area contributed by atoms with Crippen molar-refractivity contribution in [3.8, 4) is 0 Å². The molecule has 2 aromatic heterocycles. The predicted octanol–water partition coefficient (Wildman–Crippen LogP) is 3.78. The third-order valence-electron chi connectivity index (χ3n) is 6.49. The van der Waals surface area contributed by atoms with E-state index in [4.69, 9.17) is 9.97 Å². The molecular formula is C29H18N6O2+2. The summed E-state index contributed by atoms with van der Waals surface area (Å²) in [7, 11) is 0. The van der Waals surface area contributed by atoms with E-state index >= 15 is 0 Å². The lowest BCUT2D eigenvalue weighted by Gasteiger charge is -2.11. The highest BCUT2D eigenvalue weighted by Crippen LogP contribution is 2.30. The summed E-state index contributed by atoms with van der Waals surface area (Å²) in [4.78, 5) is 45.7. The van der Waals surface area contributed by atoms with Gasteiger partial charge in [-0.15, -0.1) is 0 Å². The second-order valence-corrected chi connectivity index (χ2v) is 8.87. The Bertz CT molecular complexity index is 1780. The number of hydrogen-bond acceptors (Lipinski definition) is 6. The van der Waals surface area contributed by atoms with Crippen molar-refractivity contribution in [3.63, 3.8) is 0 Å². The molecule has 0 saturated heterocycles. The molecule has 0 atom stereocenters. The van der Waals surface area contributed by atoms with Crippen molar-refractivity contribution in [1.82, 2.24) is 19.9 Å². The van der Waals surface area contributed by atoms with Crippen LogP contribution < -0.4 is 0 Å². The van der Waals surface area contributed by atoms with Crippen LogP contribution in [0.4, 0.5) is 0 Å². The zero-order valence-electron chi connectivity index (χ0n) is 19.5. The fourth-order valence-electron chi connectivity index (χ4n) is 4.79. The maximum atomic E-state index is 13.6. The van der Waals surface area contributed by atoms with Gasteiger partial charge in [-0.2, -0.15) is 0 Å². The SMILES string of the molecule is O=C1C2=C(C(=O)c3ccccc31)[N+](Cc1cnc3ccccc3n1)=C=[N+]2Cc1cnc2ccccc2n1. The standard InChI is InChI=1S/C29H18N6O2/c36-28-20-7-1-2-8-21(20)29(37)27-26(28)34(15-18-13-30-22-9-3-5-11-24(22)32-18)17-35(27)16-19-14-31-23-10-4-6-12-25(23)33-19/h1-14H,15-16H2/q+2. The van der Waals surface area contributed by atoms with Gasteiger partial charge in [0.15, 0.2) is 0 Å². The first kappa shape index (κ1) is 21.1. The molecule has 0 amide bonds. The van der Waals surface area contributed by atoms with Crippen LogP contribution in [-0.4, -0.2) is 46.7 Å². The van der Waals surface area contributed by atoms with Gasteiger partial charge in [-0.05, 0) is 24.3 Å². The number of allylic oxidation sites excluding steroid dienone is 2. The van der Waals surface area contributed by atoms with Crippen LogP contribution in [0, 0.1) is 0 Å². The van der Waals surface area contributed by atoms with Gasteiger partial charge in [-0.1, -0.05) is 57.7 Å². The van der Waals surface area contributed by atoms with E-state index in [2.05, 4.69) is 16.0 Å². The summed E-state index contributed by atoms with van der Waals surface area (Å²) < 4.78 is 3.33. The third kappa shape index (κ3) is 3.47. The largest absolute Gasteiger partial charge is 0.490 e. The summed E-state index contributed by atoms with van der Waals surface area (Å²) in [5.41, 5.74) is 5.74. The highest BCUT2D eigenvalue weighted by Gasteiger charge is 2.51. The number of rotatable bonds is 4. The highest BCUT2D eigenvalue weighted by molar-refractivity contribution is 6.25. The van der Waals surface area contributed by atoms with Crippen LogP contribution in [0.1, 0.15) is 32.1 Å². The third-order valence-corrected chi connectivity index (χ3v) is 6.49. The Hall–Kier alpha value is -5.20. The van der Waals surface area contributed by atoms with Gasteiger partial charge in [0.05, 0.1) is 34.5 Å². The lowest BCUT2D eigenvalue weighted by Crippen LogP contribution is -2.28. The molecule has 0 unspecified atom stereocenters. The number of ketones is 2. The minimum absolute atomic E-state index is 0.224. The molecule has 0 radical (unpaired) electrons. The lowest BCUT2D eigenvalue weighted by molar-refractivity contribution is -0.510. The molecule has 174 valence electrons. The van der Waals surface area contributed by atoms with Crippen molar-refractivity contribution >= 4 is 39.6 Å². The second-order valence-electron chi connectivity index (χ2n) is 8.87. The van der Waals surface area contributed by atoms with Crippen molar-refractivity contribution < 1.29 is 18.7 Å². The van der Waals surface area contributed by atoms with Crippen LogP contribution in [0.3, 0.4) is 0 Å². The number of carbonyl (C=O) groups excluding carboxylic acids is 2. The first-order valence-corrected chi connectivity index (χ1v) is 11.8. The van der Waals surface area contributed by atoms with Crippen LogP contribution in [0.2, 0.25) is 0 Å². The molecule has 0 fully saturated rings.